The number of halogens is 3. The summed E-state index contributed by atoms with van der Waals surface area (Å²) in [6, 6.07) is 3.52. The zero-order chi connectivity index (χ0) is 17.2. The maximum absolute atomic E-state index is 13.1. The van der Waals surface area contributed by atoms with E-state index in [0.717, 1.165) is 31.6 Å². The first-order chi connectivity index (χ1) is 11.4. The lowest BCUT2D eigenvalue weighted by atomic mass is 9.78. The number of hydrogen-bond donors (Lipinski definition) is 1. The molecule has 1 aliphatic carbocycles. The minimum Gasteiger partial charge on any atom is -0.370 e. The van der Waals surface area contributed by atoms with E-state index >= 15 is 0 Å². The Kier molecular flexibility index (Phi) is 4.96. The normalized spacial score (nSPS) is 24.9. The van der Waals surface area contributed by atoms with Gasteiger partial charge in [0.15, 0.2) is 0 Å². The third kappa shape index (κ3) is 3.82. The highest BCUT2D eigenvalue weighted by atomic mass is 19.4. The second kappa shape index (κ2) is 6.99. The van der Waals surface area contributed by atoms with Crippen molar-refractivity contribution in [2.75, 3.05) is 23.3 Å². The van der Waals surface area contributed by atoms with Crippen LogP contribution in [0.5, 0.6) is 0 Å². The Morgan fingerprint density at radius 3 is 2.46 bits per heavy atom. The second-order valence-corrected chi connectivity index (χ2v) is 6.62. The van der Waals surface area contributed by atoms with E-state index in [0.29, 0.717) is 18.7 Å². The number of pyridine rings is 1. The van der Waals surface area contributed by atoms with E-state index in [4.69, 9.17) is 0 Å². The number of rotatable bonds is 3. The SMILES string of the molecule is O=C(Nc1ccc(N2CCCC2)cn1)[C@@H]1CCCC[C@H]1C(F)(F)F. The van der Waals surface area contributed by atoms with Crippen molar-refractivity contribution in [3.05, 3.63) is 18.3 Å². The molecule has 2 atom stereocenters. The highest BCUT2D eigenvalue weighted by Crippen LogP contribution is 2.41. The van der Waals surface area contributed by atoms with Crippen molar-refractivity contribution >= 4 is 17.4 Å². The Balaban J connectivity index is 1.65. The molecule has 0 spiro atoms. The fourth-order valence-electron chi connectivity index (χ4n) is 3.68. The van der Waals surface area contributed by atoms with E-state index in [1.165, 1.54) is 0 Å². The summed E-state index contributed by atoms with van der Waals surface area (Å²) in [4.78, 5) is 18.7. The van der Waals surface area contributed by atoms with Crippen molar-refractivity contribution in [3.63, 3.8) is 0 Å². The van der Waals surface area contributed by atoms with Crippen molar-refractivity contribution < 1.29 is 18.0 Å². The predicted molar refractivity (Wildman–Crippen MR) is 85.8 cm³/mol. The van der Waals surface area contributed by atoms with Crippen molar-refractivity contribution in [2.24, 2.45) is 11.8 Å². The summed E-state index contributed by atoms with van der Waals surface area (Å²) in [6.45, 7) is 1.98. The van der Waals surface area contributed by atoms with Crippen LogP contribution in [0.25, 0.3) is 0 Å². The maximum atomic E-state index is 13.1. The van der Waals surface area contributed by atoms with E-state index in [9.17, 15) is 18.0 Å². The molecule has 0 aromatic carbocycles. The molecule has 1 aliphatic heterocycles. The van der Waals surface area contributed by atoms with Gasteiger partial charge in [-0.2, -0.15) is 13.2 Å². The van der Waals surface area contributed by atoms with Gasteiger partial charge in [-0.3, -0.25) is 4.79 Å². The van der Waals surface area contributed by atoms with Crippen LogP contribution in [0.4, 0.5) is 24.7 Å². The van der Waals surface area contributed by atoms with Gasteiger partial charge in [-0.25, -0.2) is 4.98 Å². The summed E-state index contributed by atoms with van der Waals surface area (Å²) in [5.41, 5.74) is 0.983. The number of aromatic nitrogens is 1. The minimum atomic E-state index is -4.32. The van der Waals surface area contributed by atoms with Crippen molar-refractivity contribution in [3.8, 4) is 0 Å². The van der Waals surface area contributed by atoms with Gasteiger partial charge in [0.05, 0.1) is 17.8 Å². The van der Waals surface area contributed by atoms with Gasteiger partial charge in [0.2, 0.25) is 5.91 Å². The highest BCUT2D eigenvalue weighted by Gasteiger charge is 2.48. The Hall–Kier alpha value is -1.79. The summed E-state index contributed by atoms with van der Waals surface area (Å²) in [5, 5.41) is 2.56. The number of amides is 1. The number of hydrogen-bond acceptors (Lipinski definition) is 3. The first-order valence-electron chi connectivity index (χ1n) is 8.54. The standard InChI is InChI=1S/C17H22F3N3O/c18-17(19,20)14-6-2-1-5-13(14)16(24)22-15-8-7-12(11-21-15)23-9-3-4-10-23/h7-8,11,13-14H,1-6,9-10H2,(H,21,22,24)/t13-,14-/m1/s1. The van der Waals surface area contributed by atoms with Crippen LogP contribution in [0.2, 0.25) is 0 Å². The predicted octanol–water partition coefficient (Wildman–Crippen LogP) is 3.99. The molecule has 0 unspecified atom stereocenters. The Labute approximate surface area is 139 Å². The van der Waals surface area contributed by atoms with E-state index < -0.39 is 23.9 Å². The number of carbonyl (C=O) groups excluding carboxylic acids is 1. The Bertz CT molecular complexity index is 567. The molecule has 4 nitrogen and oxygen atoms in total. The van der Waals surface area contributed by atoms with Gasteiger partial charge < -0.3 is 10.2 Å². The smallest absolute Gasteiger partial charge is 0.370 e. The van der Waals surface area contributed by atoms with Gasteiger partial charge >= 0.3 is 6.18 Å². The van der Waals surface area contributed by atoms with Gasteiger partial charge in [-0.1, -0.05) is 12.8 Å². The molecule has 2 fully saturated rings. The molecular formula is C17H22F3N3O. The molecular weight excluding hydrogens is 319 g/mol. The van der Waals surface area contributed by atoms with Crippen molar-refractivity contribution in [1.29, 1.82) is 0 Å². The molecule has 3 rings (SSSR count). The Morgan fingerprint density at radius 2 is 1.83 bits per heavy atom. The van der Waals surface area contributed by atoms with Crippen LogP contribution in [0.15, 0.2) is 18.3 Å². The fourth-order valence-corrected chi connectivity index (χ4v) is 3.68. The van der Waals surface area contributed by atoms with E-state index in [1.807, 2.05) is 6.07 Å². The molecule has 1 amide bonds. The summed E-state index contributed by atoms with van der Waals surface area (Å²) in [6.07, 6.45) is 1.14. The average Bonchev–Trinajstić information content (AvgIpc) is 3.09. The van der Waals surface area contributed by atoms with Crippen LogP contribution in [-0.4, -0.2) is 30.2 Å². The maximum Gasteiger partial charge on any atom is 0.392 e. The van der Waals surface area contributed by atoms with E-state index in [2.05, 4.69) is 15.2 Å². The molecule has 1 N–H and O–H groups in total. The summed E-state index contributed by atoms with van der Waals surface area (Å²) in [5.74, 6) is -2.82. The largest absolute Gasteiger partial charge is 0.392 e. The monoisotopic (exact) mass is 341 g/mol. The molecule has 24 heavy (non-hydrogen) atoms. The fraction of sp³-hybridized carbons (Fsp3) is 0.647. The van der Waals surface area contributed by atoms with Gasteiger partial charge in [0.25, 0.3) is 0 Å². The van der Waals surface area contributed by atoms with Gasteiger partial charge in [0, 0.05) is 19.0 Å². The first kappa shape index (κ1) is 17.0. The molecule has 2 aliphatic rings. The molecule has 0 bridgehead atoms. The van der Waals surface area contributed by atoms with Crippen LogP contribution < -0.4 is 10.2 Å². The average molecular weight is 341 g/mol. The zero-order valence-electron chi connectivity index (χ0n) is 13.5. The second-order valence-electron chi connectivity index (χ2n) is 6.62. The zero-order valence-corrected chi connectivity index (χ0v) is 13.5. The third-order valence-electron chi connectivity index (χ3n) is 4.99. The molecule has 1 aromatic rings. The summed E-state index contributed by atoms with van der Waals surface area (Å²) < 4.78 is 39.3. The minimum absolute atomic E-state index is 0.0307. The van der Waals surface area contributed by atoms with Gasteiger partial charge in [-0.05, 0) is 37.8 Å². The van der Waals surface area contributed by atoms with E-state index in [-0.39, 0.29) is 12.8 Å². The Morgan fingerprint density at radius 1 is 1.12 bits per heavy atom. The van der Waals surface area contributed by atoms with Crippen LogP contribution in [-0.2, 0) is 4.79 Å². The van der Waals surface area contributed by atoms with E-state index in [1.54, 1.807) is 12.3 Å². The number of alkyl halides is 3. The third-order valence-corrected chi connectivity index (χ3v) is 4.99. The topological polar surface area (TPSA) is 45.2 Å². The van der Waals surface area contributed by atoms with Gasteiger partial charge in [0.1, 0.15) is 5.82 Å². The summed E-state index contributed by atoms with van der Waals surface area (Å²) in [7, 11) is 0. The van der Waals surface area contributed by atoms with Crippen LogP contribution in [0.3, 0.4) is 0 Å². The molecule has 2 heterocycles. The number of nitrogens with zero attached hydrogens (tertiary/aromatic N) is 2. The number of carbonyl (C=O) groups is 1. The molecule has 1 saturated heterocycles. The summed E-state index contributed by atoms with van der Waals surface area (Å²) >= 11 is 0. The molecule has 0 radical (unpaired) electrons. The first-order valence-corrected chi connectivity index (χ1v) is 8.54. The molecule has 132 valence electrons. The lowest BCUT2D eigenvalue weighted by Gasteiger charge is -2.31. The van der Waals surface area contributed by atoms with Crippen LogP contribution in [0, 0.1) is 11.8 Å². The van der Waals surface area contributed by atoms with Crippen molar-refractivity contribution in [2.45, 2.75) is 44.7 Å². The van der Waals surface area contributed by atoms with Crippen LogP contribution in [0.1, 0.15) is 38.5 Å². The van der Waals surface area contributed by atoms with Gasteiger partial charge in [-0.15, -0.1) is 0 Å². The number of nitrogens with one attached hydrogen (secondary N) is 1. The highest BCUT2D eigenvalue weighted by molar-refractivity contribution is 5.92. The molecule has 1 aromatic heterocycles. The lowest BCUT2D eigenvalue weighted by Crippen LogP contribution is -2.39. The van der Waals surface area contributed by atoms with Crippen LogP contribution >= 0.6 is 0 Å². The molecule has 7 heteroatoms. The van der Waals surface area contributed by atoms with Crippen molar-refractivity contribution in [1.82, 2.24) is 4.98 Å². The molecule has 1 saturated carbocycles. The lowest BCUT2D eigenvalue weighted by molar-refractivity contribution is -0.197. The quantitative estimate of drug-likeness (QED) is 0.904. The number of anilines is 2.